The van der Waals surface area contributed by atoms with Gasteiger partial charge < -0.3 is 15.0 Å². The van der Waals surface area contributed by atoms with E-state index in [0.29, 0.717) is 0 Å². The molecular weight excluding hydrogens is 296 g/mol. The maximum Gasteiger partial charge on any atom is 0.127 e. The first kappa shape index (κ1) is 15.6. The molecule has 0 amide bonds. The van der Waals surface area contributed by atoms with Gasteiger partial charge in [0.15, 0.2) is 0 Å². The predicted molar refractivity (Wildman–Crippen MR) is 93.0 cm³/mol. The normalized spacial score (nSPS) is 16.0. The van der Waals surface area contributed by atoms with E-state index in [-0.39, 0.29) is 0 Å². The molecule has 0 aromatic heterocycles. The third-order valence-corrected chi connectivity index (χ3v) is 4.50. The monoisotopic (exact) mass is 318 g/mol. The Labute approximate surface area is 137 Å². The third-order valence-electron chi connectivity index (χ3n) is 4.17. The number of rotatable bonds is 6. The molecule has 0 atom stereocenters. The van der Waals surface area contributed by atoms with Crippen LogP contribution in [0.25, 0.3) is 10.8 Å². The molecule has 1 fully saturated rings. The molecule has 0 aliphatic carbocycles. The molecule has 1 saturated heterocycles. The van der Waals surface area contributed by atoms with Crippen LogP contribution in [0.2, 0.25) is 5.02 Å². The molecule has 3 nitrogen and oxygen atoms in total. The molecule has 1 aliphatic rings. The zero-order chi connectivity index (χ0) is 15.2. The van der Waals surface area contributed by atoms with Gasteiger partial charge in [-0.25, -0.2) is 0 Å². The SMILES string of the molecule is Clc1ccc(OCCCCN2CCNCC2)c2ccccc12. The topological polar surface area (TPSA) is 24.5 Å². The van der Waals surface area contributed by atoms with Gasteiger partial charge in [0.2, 0.25) is 0 Å². The van der Waals surface area contributed by atoms with E-state index in [1.807, 2.05) is 30.3 Å². The van der Waals surface area contributed by atoms with Gasteiger partial charge in [-0.15, -0.1) is 0 Å². The lowest BCUT2D eigenvalue weighted by Gasteiger charge is -2.27. The van der Waals surface area contributed by atoms with Crippen LogP contribution in [0.3, 0.4) is 0 Å². The van der Waals surface area contributed by atoms with Gasteiger partial charge in [-0.3, -0.25) is 0 Å². The maximum absolute atomic E-state index is 6.23. The number of halogens is 1. The summed E-state index contributed by atoms with van der Waals surface area (Å²) < 4.78 is 5.97. The number of fused-ring (bicyclic) bond motifs is 1. The van der Waals surface area contributed by atoms with Crippen molar-refractivity contribution in [1.29, 1.82) is 0 Å². The first-order valence-corrected chi connectivity index (χ1v) is 8.45. The molecule has 0 radical (unpaired) electrons. The Bertz CT molecular complexity index is 611. The lowest BCUT2D eigenvalue weighted by atomic mass is 10.1. The van der Waals surface area contributed by atoms with E-state index >= 15 is 0 Å². The minimum Gasteiger partial charge on any atom is -0.493 e. The summed E-state index contributed by atoms with van der Waals surface area (Å²) >= 11 is 6.23. The van der Waals surface area contributed by atoms with Gasteiger partial charge in [-0.1, -0.05) is 35.9 Å². The summed E-state index contributed by atoms with van der Waals surface area (Å²) in [5.74, 6) is 0.933. The molecule has 2 aromatic rings. The van der Waals surface area contributed by atoms with Crippen LogP contribution >= 0.6 is 11.6 Å². The molecule has 1 N–H and O–H groups in total. The Morgan fingerprint density at radius 3 is 2.59 bits per heavy atom. The molecule has 1 aliphatic heterocycles. The van der Waals surface area contributed by atoms with Gasteiger partial charge in [-0.2, -0.15) is 0 Å². The van der Waals surface area contributed by atoms with Crippen molar-refractivity contribution in [2.45, 2.75) is 12.8 Å². The van der Waals surface area contributed by atoms with Crippen LogP contribution in [0.4, 0.5) is 0 Å². The van der Waals surface area contributed by atoms with E-state index in [0.717, 1.165) is 47.7 Å². The van der Waals surface area contributed by atoms with Crippen LogP contribution in [0.15, 0.2) is 36.4 Å². The van der Waals surface area contributed by atoms with E-state index in [1.54, 1.807) is 0 Å². The van der Waals surface area contributed by atoms with E-state index in [9.17, 15) is 0 Å². The Morgan fingerprint density at radius 1 is 1.00 bits per heavy atom. The first-order valence-electron chi connectivity index (χ1n) is 8.08. The maximum atomic E-state index is 6.23. The number of hydrogen-bond donors (Lipinski definition) is 1. The summed E-state index contributed by atoms with van der Waals surface area (Å²) in [5, 5.41) is 6.31. The second-order valence-corrected chi connectivity index (χ2v) is 6.15. The molecule has 22 heavy (non-hydrogen) atoms. The van der Waals surface area contributed by atoms with Crippen LogP contribution < -0.4 is 10.1 Å². The second kappa shape index (κ2) is 7.82. The van der Waals surface area contributed by atoms with Crippen molar-refractivity contribution in [3.8, 4) is 5.75 Å². The Morgan fingerprint density at radius 2 is 1.77 bits per heavy atom. The van der Waals surface area contributed by atoms with Crippen molar-refractivity contribution in [2.24, 2.45) is 0 Å². The number of nitrogens with one attached hydrogen (secondary N) is 1. The smallest absolute Gasteiger partial charge is 0.127 e. The number of unbranched alkanes of at least 4 members (excludes halogenated alkanes) is 1. The number of ether oxygens (including phenoxy) is 1. The lowest BCUT2D eigenvalue weighted by molar-refractivity contribution is 0.226. The van der Waals surface area contributed by atoms with Crippen molar-refractivity contribution in [2.75, 3.05) is 39.3 Å². The van der Waals surface area contributed by atoms with Crippen molar-refractivity contribution in [3.05, 3.63) is 41.4 Å². The van der Waals surface area contributed by atoms with Gasteiger partial charge in [-0.05, 0) is 31.5 Å². The highest BCUT2D eigenvalue weighted by Crippen LogP contribution is 2.31. The molecule has 118 valence electrons. The van der Waals surface area contributed by atoms with Crippen LogP contribution in [-0.4, -0.2) is 44.2 Å². The molecule has 1 heterocycles. The fraction of sp³-hybridized carbons (Fsp3) is 0.444. The third kappa shape index (κ3) is 3.92. The quantitative estimate of drug-likeness (QED) is 0.824. The van der Waals surface area contributed by atoms with Gasteiger partial charge in [0, 0.05) is 42.0 Å². The standard InChI is InChI=1S/C18H23ClN2O/c19-17-7-8-18(16-6-2-1-5-15(16)17)22-14-4-3-11-21-12-9-20-10-13-21/h1-2,5-8,20H,3-4,9-14H2. The number of benzene rings is 2. The minimum atomic E-state index is 0.762. The van der Waals surface area contributed by atoms with Crippen molar-refractivity contribution >= 4 is 22.4 Å². The van der Waals surface area contributed by atoms with Crippen LogP contribution in [-0.2, 0) is 0 Å². The lowest BCUT2D eigenvalue weighted by Crippen LogP contribution is -2.43. The predicted octanol–water partition coefficient (Wildman–Crippen LogP) is 3.56. The summed E-state index contributed by atoms with van der Waals surface area (Å²) in [6.07, 6.45) is 2.27. The fourth-order valence-electron chi connectivity index (χ4n) is 2.91. The average molecular weight is 319 g/mol. The molecule has 0 bridgehead atoms. The highest BCUT2D eigenvalue weighted by Gasteiger charge is 2.09. The molecule has 0 saturated carbocycles. The van der Waals surface area contributed by atoms with Crippen molar-refractivity contribution in [3.63, 3.8) is 0 Å². The number of nitrogens with zero attached hydrogens (tertiary/aromatic N) is 1. The molecule has 3 rings (SSSR count). The van der Waals surface area contributed by atoms with Gasteiger partial charge >= 0.3 is 0 Å². The highest BCUT2D eigenvalue weighted by molar-refractivity contribution is 6.35. The molecule has 2 aromatic carbocycles. The molecule has 4 heteroatoms. The Hall–Kier alpha value is -1.29. The van der Waals surface area contributed by atoms with E-state index in [2.05, 4.69) is 16.3 Å². The average Bonchev–Trinajstić information content (AvgIpc) is 2.58. The van der Waals surface area contributed by atoms with E-state index in [4.69, 9.17) is 16.3 Å². The zero-order valence-electron chi connectivity index (χ0n) is 12.9. The number of piperazine rings is 1. The fourth-order valence-corrected chi connectivity index (χ4v) is 3.14. The first-order chi connectivity index (χ1) is 10.8. The van der Waals surface area contributed by atoms with Crippen molar-refractivity contribution in [1.82, 2.24) is 10.2 Å². The summed E-state index contributed by atoms with van der Waals surface area (Å²) in [6.45, 7) is 6.51. The van der Waals surface area contributed by atoms with E-state index < -0.39 is 0 Å². The zero-order valence-corrected chi connectivity index (χ0v) is 13.6. The number of hydrogen-bond acceptors (Lipinski definition) is 3. The summed E-state index contributed by atoms with van der Waals surface area (Å²) in [4.78, 5) is 2.52. The Balaban J connectivity index is 1.48. The van der Waals surface area contributed by atoms with Crippen LogP contribution in [0.5, 0.6) is 5.75 Å². The van der Waals surface area contributed by atoms with Gasteiger partial charge in [0.25, 0.3) is 0 Å². The summed E-state index contributed by atoms with van der Waals surface area (Å²) in [7, 11) is 0. The summed E-state index contributed by atoms with van der Waals surface area (Å²) in [5.41, 5.74) is 0. The van der Waals surface area contributed by atoms with Gasteiger partial charge in [0.1, 0.15) is 5.75 Å². The molecular formula is C18H23ClN2O. The summed E-state index contributed by atoms with van der Waals surface area (Å²) in [6, 6.07) is 12.0. The molecule has 0 unspecified atom stereocenters. The largest absolute Gasteiger partial charge is 0.493 e. The van der Waals surface area contributed by atoms with Gasteiger partial charge in [0.05, 0.1) is 6.61 Å². The second-order valence-electron chi connectivity index (χ2n) is 5.74. The van der Waals surface area contributed by atoms with E-state index in [1.165, 1.54) is 26.1 Å². The van der Waals surface area contributed by atoms with Crippen LogP contribution in [0, 0.1) is 0 Å². The molecule has 0 spiro atoms. The highest BCUT2D eigenvalue weighted by atomic mass is 35.5. The van der Waals surface area contributed by atoms with Crippen molar-refractivity contribution < 1.29 is 4.74 Å². The minimum absolute atomic E-state index is 0.762. The Kier molecular flexibility index (Phi) is 5.54. The van der Waals surface area contributed by atoms with Crippen LogP contribution in [0.1, 0.15) is 12.8 Å².